The maximum atomic E-state index is 13.0. The summed E-state index contributed by atoms with van der Waals surface area (Å²) in [6.07, 6.45) is 0. The molecule has 0 unspecified atom stereocenters. The van der Waals surface area contributed by atoms with E-state index in [-0.39, 0.29) is 18.4 Å². The van der Waals surface area contributed by atoms with Gasteiger partial charge in [0, 0.05) is 24.0 Å². The Labute approximate surface area is 157 Å². The molecular formula is C20H20ClNO4. The first-order chi connectivity index (χ1) is 12.5. The van der Waals surface area contributed by atoms with Gasteiger partial charge in [-0.25, -0.2) is 0 Å². The zero-order chi connectivity index (χ0) is 18.7. The van der Waals surface area contributed by atoms with Gasteiger partial charge in [-0.15, -0.1) is 0 Å². The summed E-state index contributed by atoms with van der Waals surface area (Å²) in [5, 5.41) is 10.2. The Kier molecular flexibility index (Phi) is 5.47. The van der Waals surface area contributed by atoms with E-state index >= 15 is 0 Å². The normalized spacial score (nSPS) is 19.4. The molecule has 1 N–H and O–H groups in total. The second-order valence-electron chi connectivity index (χ2n) is 6.24. The number of hydrogen-bond acceptors (Lipinski definition) is 3. The molecule has 1 fully saturated rings. The van der Waals surface area contributed by atoms with Gasteiger partial charge in [-0.2, -0.15) is 0 Å². The van der Waals surface area contributed by atoms with Gasteiger partial charge in [0.05, 0.1) is 18.1 Å². The van der Waals surface area contributed by atoms with Crippen molar-refractivity contribution in [1.29, 1.82) is 0 Å². The maximum Gasteiger partial charge on any atom is 0.308 e. The van der Waals surface area contributed by atoms with Crippen molar-refractivity contribution in [2.45, 2.75) is 12.8 Å². The van der Waals surface area contributed by atoms with Crippen LogP contribution in [0.5, 0.6) is 5.75 Å². The van der Waals surface area contributed by atoms with Gasteiger partial charge in [0.1, 0.15) is 5.75 Å². The quantitative estimate of drug-likeness (QED) is 0.868. The van der Waals surface area contributed by atoms with E-state index in [0.717, 1.165) is 5.56 Å². The molecule has 1 amide bonds. The summed E-state index contributed by atoms with van der Waals surface area (Å²) >= 11 is 5.93. The summed E-state index contributed by atoms with van der Waals surface area (Å²) in [6.45, 7) is 2.82. The number of hydrogen-bond donors (Lipinski definition) is 1. The molecule has 0 bridgehead atoms. The largest absolute Gasteiger partial charge is 0.493 e. The zero-order valence-electron chi connectivity index (χ0n) is 14.4. The van der Waals surface area contributed by atoms with Crippen molar-refractivity contribution >= 4 is 23.5 Å². The van der Waals surface area contributed by atoms with Gasteiger partial charge in [-0.3, -0.25) is 9.59 Å². The first-order valence-electron chi connectivity index (χ1n) is 8.50. The molecule has 2 aromatic rings. The number of benzene rings is 2. The molecule has 5 nitrogen and oxygen atoms in total. The van der Waals surface area contributed by atoms with Crippen molar-refractivity contribution in [3.63, 3.8) is 0 Å². The molecule has 3 rings (SSSR count). The minimum absolute atomic E-state index is 0.169. The highest BCUT2D eigenvalue weighted by molar-refractivity contribution is 6.30. The van der Waals surface area contributed by atoms with Crippen LogP contribution in [0.15, 0.2) is 48.5 Å². The second kappa shape index (κ2) is 7.79. The lowest BCUT2D eigenvalue weighted by Gasteiger charge is -2.18. The summed E-state index contributed by atoms with van der Waals surface area (Å²) in [6, 6.07) is 14.2. The van der Waals surface area contributed by atoms with E-state index < -0.39 is 11.9 Å². The molecule has 0 radical (unpaired) electrons. The number of carboxylic acid groups (broad SMARTS) is 1. The predicted octanol–water partition coefficient (Wildman–Crippen LogP) is 3.68. The molecule has 0 saturated carbocycles. The average molecular weight is 374 g/mol. The lowest BCUT2D eigenvalue weighted by atomic mass is 9.89. The van der Waals surface area contributed by atoms with Crippen LogP contribution in [0.3, 0.4) is 0 Å². The highest BCUT2D eigenvalue weighted by Crippen LogP contribution is 2.35. The van der Waals surface area contributed by atoms with Crippen LogP contribution in [0.1, 0.15) is 28.8 Å². The third-order valence-corrected chi connectivity index (χ3v) is 4.89. The molecule has 1 heterocycles. The smallest absolute Gasteiger partial charge is 0.308 e. The highest BCUT2D eigenvalue weighted by atomic mass is 35.5. The Morgan fingerprint density at radius 2 is 1.85 bits per heavy atom. The number of carbonyl (C=O) groups is 2. The Morgan fingerprint density at radius 1 is 1.15 bits per heavy atom. The van der Waals surface area contributed by atoms with Crippen LogP contribution in [0, 0.1) is 5.92 Å². The summed E-state index contributed by atoms with van der Waals surface area (Å²) in [7, 11) is 0. The molecule has 2 atom stereocenters. The van der Waals surface area contributed by atoms with E-state index in [2.05, 4.69) is 0 Å². The Bertz CT molecular complexity index is 806. The first-order valence-corrected chi connectivity index (χ1v) is 8.88. The summed E-state index contributed by atoms with van der Waals surface area (Å²) < 4.78 is 5.54. The highest BCUT2D eigenvalue weighted by Gasteiger charge is 2.41. The number of ether oxygens (including phenoxy) is 1. The molecule has 1 aliphatic rings. The fraction of sp³-hybridized carbons (Fsp3) is 0.300. The molecule has 6 heteroatoms. The van der Waals surface area contributed by atoms with Crippen LogP contribution in [0.25, 0.3) is 0 Å². The molecule has 0 spiro atoms. The van der Waals surface area contributed by atoms with Gasteiger partial charge in [0.15, 0.2) is 0 Å². The first kappa shape index (κ1) is 18.3. The molecule has 1 aliphatic heterocycles. The number of nitrogens with zero attached hydrogens (tertiary/aromatic N) is 1. The van der Waals surface area contributed by atoms with E-state index in [0.29, 0.717) is 29.5 Å². The van der Waals surface area contributed by atoms with Crippen LogP contribution < -0.4 is 4.74 Å². The topological polar surface area (TPSA) is 66.8 Å². The van der Waals surface area contributed by atoms with Crippen molar-refractivity contribution < 1.29 is 19.4 Å². The van der Waals surface area contributed by atoms with Crippen LogP contribution in [0.4, 0.5) is 0 Å². The van der Waals surface area contributed by atoms with Crippen LogP contribution >= 0.6 is 11.6 Å². The lowest BCUT2D eigenvalue weighted by Crippen LogP contribution is -2.30. The summed E-state index contributed by atoms with van der Waals surface area (Å²) in [5.74, 6) is -1.52. The Balaban J connectivity index is 1.87. The number of para-hydroxylation sites is 1. The van der Waals surface area contributed by atoms with Crippen LogP contribution in [-0.4, -0.2) is 41.6 Å². The lowest BCUT2D eigenvalue weighted by molar-refractivity contribution is -0.141. The fourth-order valence-electron chi connectivity index (χ4n) is 3.36. The third-order valence-electron chi connectivity index (χ3n) is 4.64. The second-order valence-corrected chi connectivity index (χ2v) is 6.68. The van der Waals surface area contributed by atoms with E-state index in [9.17, 15) is 14.7 Å². The minimum Gasteiger partial charge on any atom is -0.493 e. The van der Waals surface area contributed by atoms with Crippen LogP contribution in [0.2, 0.25) is 5.02 Å². The van der Waals surface area contributed by atoms with E-state index in [4.69, 9.17) is 16.3 Å². The van der Waals surface area contributed by atoms with Crippen molar-refractivity contribution in [2.75, 3.05) is 19.7 Å². The number of carbonyl (C=O) groups excluding carboxylic acids is 1. The van der Waals surface area contributed by atoms with Gasteiger partial charge < -0.3 is 14.7 Å². The van der Waals surface area contributed by atoms with Gasteiger partial charge >= 0.3 is 5.97 Å². The number of rotatable bonds is 5. The van der Waals surface area contributed by atoms with Crippen molar-refractivity contribution in [3.8, 4) is 5.75 Å². The van der Waals surface area contributed by atoms with Crippen LogP contribution in [-0.2, 0) is 4.79 Å². The van der Waals surface area contributed by atoms with E-state index in [1.165, 1.54) is 0 Å². The number of halogens is 1. The molecule has 0 aliphatic carbocycles. The maximum absolute atomic E-state index is 13.0. The molecule has 2 aromatic carbocycles. The zero-order valence-corrected chi connectivity index (χ0v) is 15.1. The van der Waals surface area contributed by atoms with Gasteiger partial charge in [0.25, 0.3) is 5.91 Å². The van der Waals surface area contributed by atoms with Gasteiger partial charge in [0.2, 0.25) is 0 Å². The number of carboxylic acids is 1. The third kappa shape index (κ3) is 3.68. The van der Waals surface area contributed by atoms with Gasteiger partial charge in [-0.05, 0) is 36.8 Å². The number of aliphatic carboxylic acids is 1. The molecular weight excluding hydrogens is 354 g/mol. The van der Waals surface area contributed by atoms with E-state index in [1.54, 1.807) is 35.2 Å². The number of amides is 1. The Morgan fingerprint density at radius 3 is 2.50 bits per heavy atom. The van der Waals surface area contributed by atoms with Crippen molar-refractivity contribution in [1.82, 2.24) is 4.90 Å². The minimum atomic E-state index is -0.904. The summed E-state index contributed by atoms with van der Waals surface area (Å²) in [5.41, 5.74) is 1.32. The number of likely N-dealkylation sites (tertiary alicyclic amines) is 1. The molecule has 0 aromatic heterocycles. The SMILES string of the molecule is CCOc1ccccc1C(=O)N1C[C@@H](C(=O)O)[C@H](c2ccc(Cl)cc2)C1. The average Bonchev–Trinajstić information content (AvgIpc) is 3.08. The Hall–Kier alpha value is -2.53. The standard InChI is InChI=1S/C20H20ClNO4/c1-2-26-18-6-4-3-5-15(18)19(23)22-11-16(17(12-22)20(24)25)13-7-9-14(21)10-8-13/h3-10,16-17H,2,11-12H2,1H3,(H,24,25)/t16-,17+/m0/s1. The molecule has 1 saturated heterocycles. The summed E-state index contributed by atoms with van der Waals surface area (Å²) in [4.78, 5) is 26.3. The van der Waals surface area contributed by atoms with Gasteiger partial charge in [-0.1, -0.05) is 35.9 Å². The van der Waals surface area contributed by atoms with Crippen molar-refractivity contribution in [2.24, 2.45) is 5.92 Å². The predicted molar refractivity (Wildman–Crippen MR) is 98.8 cm³/mol. The van der Waals surface area contributed by atoms with E-state index in [1.807, 2.05) is 25.1 Å². The molecule has 26 heavy (non-hydrogen) atoms. The monoisotopic (exact) mass is 373 g/mol. The fourth-order valence-corrected chi connectivity index (χ4v) is 3.49. The van der Waals surface area contributed by atoms with Crippen molar-refractivity contribution in [3.05, 3.63) is 64.7 Å². The molecule has 136 valence electrons.